The minimum absolute atomic E-state index is 0.587. The van der Waals surface area contributed by atoms with Crippen molar-refractivity contribution in [3.63, 3.8) is 0 Å². The molecule has 80 valence electrons. The van der Waals surface area contributed by atoms with Gasteiger partial charge in [-0.25, -0.2) is 4.79 Å². The molecule has 0 radical (unpaired) electrons. The second-order valence-electron chi connectivity index (χ2n) is 3.83. The smallest absolute Gasteiger partial charge is 0.332 e. The Kier molecular flexibility index (Phi) is 3.98. The minimum Gasteiger partial charge on any atom is -0.479 e. The zero-order chi connectivity index (χ0) is 10.6. The number of rotatable bonds is 5. The topological polar surface area (TPSA) is 49.7 Å². The van der Waals surface area contributed by atoms with Crippen molar-refractivity contribution in [2.24, 2.45) is 4.99 Å². The lowest BCUT2D eigenvalue weighted by Gasteiger charge is -2.11. The van der Waals surface area contributed by atoms with E-state index in [-0.39, 0.29) is 0 Å². The normalized spacial score (nSPS) is 26.3. The first kappa shape index (κ1) is 11.6. The molecule has 0 aromatic rings. The van der Waals surface area contributed by atoms with Crippen LogP contribution in [0.1, 0.15) is 39.5 Å². The maximum absolute atomic E-state index is 10.9. The Morgan fingerprint density at radius 1 is 1.64 bits per heavy atom. The summed E-state index contributed by atoms with van der Waals surface area (Å²) < 4.78 is 0. The summed E-state index contributed by atoms with van der Waals surface area (Å²) in [4.78, 5) is 15.1. The molecule has 0 saturated carbocycles. The summed E-state index contributed by atoms with van der Waals surface area (Å²) in [6.07, 6.45) is 4.46. The fourth-order valence-electron chi connectivity index (χ4n) is 1.33. The largest absolute Gasteiger partial charge is 0.479 e. The standard InChI is InChI=1S/C10H17NO2S/c1-3-4-5-6-8-11-10(2,7-14-8)9(12)13/h3-7H2,1-2H3,(H,12,13). The van der Waals surface area contributed by atoms with Gasteiger partial charge in [-0.3, -0.25) is 4.99 Å². The molecular weight excluding hydrogens is 198 g/mol. The van der Waals surface area contributed by atoms with Crippen LogP contribution in [0.3, 0.4) is 0 Å². The molecule has 3 nitrogen and oxygen atoms in total. The van der Waals surface area contributed by atoms with Gasteiger partial charge in [0, 0.05) is 5.75 Å². The van der Waals surface area contributed by atoms with Crippen molar-refractivity contribution >= 4 is 22.8 Å². The maximum atomic E-state index is 10.9. The van der Waals surface area contributed by atoms with E-state index in [4.69, 9.17) is 5.11 Å². The van der Waals surface area contributed by atoms with Gasteiger partial charge in [0.2, 0.25) is 0 Å². The molecule has 4 heteroatoms. The van der Waals surface area contributed by atoms with E-state index in [1.807, 2.05) is 0 Å². The molecule has 14 heavy (non-hydrogen) atoms. The molecule has 1 atom stereocenters. The molecule has 0 amide bonds. The second-order valence-corrected chi connectivity index (χ2v) is 4.88. The lowest BCUT2D eigenvalue weighted by Crippen LogP contribution is -2.33. The molecule has 1 aliphatic rings. The molecule has 1 N–H and O–H groups in total. The van der Waals surface area contributed by atoms with Gasteiger partial charge < -0.3 is 5.11 Å². The summed E-state index contributed by atoms with van der Waals surface area (Å²) in [7, 11) is 0. The average molecular weight is 215 g/mol. The van der Waals surface area contributed by atoms with Crippen LogP contribution in [-0.2, 0) is 4.79 Å². The van der Waals surface area contributed by atoms with Crippen LogP contribution < -0.4 is 0 Å². The zero-order valence-corrected chi connectivity index (χ0v) is 9.56. The molecule has 0 aromatic heterocycles. The van der Waals surface area contributed by atoms with Gasteiger partial charge in [0.1, 0.15) is 0 Å². The number of aliphatic carboxylic acids is 1. The van der Waals surface area contributed by atoms with Crippen molar-refractivity contribution in [1.82, 2.24) is 0 Å². The molecule has 0 aromatic carbocycles. The highest BCUT2D eigenvalue weighted by atomic mass is 32.2. The predicted molar refractivity (Wildman–Crippen MR) is 60.1 cm³/mol. The Bertz CT molecular complexity index is 253. The first-order chi connectivity index (χ1) is 6.58. The summed E-state index contributed by atoms with van der Waals surface area (Å²) in [5.41, 5.74) is -0.869. The number of carbonyl (C=O) groups is 1. The lowest BCUT2D eigenvalue weighted by atomic mass is 10.1. The molecule has 1 rings (SSSR count). The molecule has 0 saturated heterocycles. The quantitative estimate of drug-likeness (QED) is 0.717. The van der Waals surface area contributed by atoms with Crippen molar-refractivity contribution in [2.45, 2.75) is 45.1 Å². The summed E-state index contributed by atoms with van der Waals surface area (Å²) >= 11 is 1.60. The van der Waals surface area contributed by atoms with Crippen LogP contribution in [0.5, 0.6) is 0 Å². The van der Waals surface area contributed by atoms with E-state index < -0.39 is 11.5 Å². The fourth-order valence-corrected chi connectivity index (χ4v) is 2.52. The van der Waals surface area contributed by atoms with E-state index in [0.29, 0.717) is 5.75 Å². The third-order valence-electron chi connectivity index (χ3n) is 2.35. The molecule has 1 unspecified atom stereocenters. The van der Waals surface area contributed by atoms with Crippen LogP contribution in [-0.4, -0.2) is 27.4 Å². The number of hydrogen-bond acceptors (Lipinski definition) is 3. The molecule has 1 heterocycles. The van der Waals surface area contributed by atoms with Crippen LogP contribution in [0.4, 0.5) is 0 Å². The van der Waals surface area contributed by atoms with Gasteiger partial charge in [-0.2, -0.15) is 0 Å². The van der Waals surface area contributed by atoms with Crippen LogP contribution in [0, 0.1) is 0 Å². The fraction of sp³-hybridized carbons (Fsp3) is 0.800. The Balaban J connectivity index is 2.46. The Labute approximate surface area is 89.0 Å². The van der Waals surface area contributed by atoms with Gasteiger partial charge in [-0.15, -0.1) is 11.8 Å². The molecule has 0 bridgehead atoms. The Hall–Kier alpha value is -0.510. The van der Waals surface area contributed by atoms with E-state index in [9.17, 15) is 4.79 Å². The van der Waals surface area contributed by atoms with Gasteiger partial charge in [0.05, 0.1) is 5.04 Å². The number of unbranched alkanes of at least 4 members (excludes halogenated alkanes) is 2. The lowest BCUT2D eigenvalue weighted by molar-refractivity contribution is -0.141. The van der Waals surface area contributed by atoms with E-state index in [1.165, 1.54) is 12.8 Å². The number of nitrogens with zero attached hydrogens (tertiary/aromatic N) is 1. The Morgan fingerprint density at radius 3 is 2.86 bits per heavy atom. The van der Waals surface area contributed by atoms with Crippen LogP contribution in [0.25, 0.3) is 0 Å². The molecule has 0 fully saturated rings. The highest BCUT2D eigenvalue weighted by Crippen LogP contribution is 2.30. The third-order valence-corrected chi connectivity index (χ3v) is 3.68. The van der Waals surface area contributed by atoms with Crippen molar-refractivity contribution in [1.29, 1.82) is 0 Å². The van der Waals surface area contributed by atoms with E-state index in [2.05, 4.69) is 11.9 Å². The van der Waals surface area contributed by atoms with E-state index in [1.54, 1.807) is 18.7 Å². The number of carboxylic acids is 1. The SMILES string of the molecule is CCCCCC1=NC(C)(C(=O)O)CS1. The summed E-state index contributed by atoms with van der Waals surface area (Å²) in [5.74, 6) is -0.223. The molecule has 0 spiro atoms. The summed E-state index contributed by atoms with van der Waals surface area (Å²) in [6, 6.07) is 0. The van der Waals surface area contributed by atoms with Gasteiger partial charge in [0.15, 0.2) is 5.54 Å². The predicted octanol–water partition coefficient (Wildman–Crippen LogP) is 2.56. The highest BCUT2D eigenvalue weighted by molar-refractivity contribution is 8.14. The molecule has 0 aliphatic carbocycles. The number of thioether (sulfide) groups is 1. The van der Waals surface area contributed by atoms with Gasteiger partial charge in [0.25, 0.3) is 0 Å². The number of carboxylic acid groups (broad SMARTS) is 1. The van der Waals surface area contributed by atoms with Crippen molar-refractivity contribution < 1.29 is 9.90 Å². The monoisotopic (exact) mass is 215 g/mol. The second kappa shape index (κ2) is 4.82. The zero-order valence-electron chi connectivity index (χ0n) is 8.75. The van der Waals surface area contributed by atoms with Crippen molar-refractivity contribution in [2.75, 3.05) is 5.75 Å². The maximum Gasteiger partial charge on any atom is 0.332 e. The van der Waals surface area contributed by atoms with Gasteiger partial charge in [-0.05, 0) is 19.8 Å². The molecular formula is C10H17NO2S. The first-order valence-electron chi connectivity index (χ1n) is 5.03. The number of aliphatic imine (C=N–C) groups is 1. The van der Waals surface area contributed by atoms with E-state index >= 15 is 0 Å². The summed E-state index contributed by atoms with van der Waals surface area (Å²) in [6.45, 7) is 3.85. The third kappa shape index (κ3) is 2.74. The van der Waals surface area contributed by atoms with E-state index in [0.717, 1.165) is 17.9 Å². The summed E-state index contributed by atoms with van der Waals surface area (Å²) in [5, 5.41) is 9.96. The highest BCUT2D eigenvalue weighted by Gasteiger charge is 2.37. The van der Waals surface area contributed by atoms with Crippen molar-refractivity contribution in [3.05, 3.63) is 0 Å². The Morgan fingerprint density at radius 2 is 2.36 bits per heavy atom. The minimum atomic E-state index is -0.869. The van der Waals surface area contributed by atoms with Crippen molar-refractivity contribution in [3.8, 4) is 0 Å². The number of hydrogen-bond donors (Lipinski definition) is 1. The van der Waals surface area contributed by atoms with Crippen LogP contribution in [0.2, 0.25) is 0 Å². The first-order valence-corrected chi connectivity index (χ1v) is 6.02. The molecule has 1 aliphatic heterocycles. The van der Waals surface area contributed by atoms with Crippen LogP contribution in [0.15, 0.2) is 4.99 Å². The van der Waals surface area contributed by atoms with Gasteiger partial charge >= 0.3 is 5.97 Å². The van der Waals surface area contributed by atoms with Crippen LogP contribution >= 0.6 is 11.8 Å². The average Bonchev–Trinajstić information content (AvgIpc) is 2.50. The van der Waals surface area contributed by atoms with Gasteiger partial charge in [-0.1, -0.05) is 19.8 Å².